The molecule has 112 valence electrons. The molecular weight excluding hydrogens is 368 g/mol. The number of rotatable bonds is 4. The summed E-state index contributed by atoms with van der Waals surface area (Å²) >= 11 is 2.95. The Morgan fingerprint density at radius 3 is 2.38 bits per heavy atom. The minimum absolute atomic E-state index is 0.109. The smallest absolute Gasteiger partial charge is 0.261 e. The summed E-state index contributed by atoms with van der Waals surface area (Å²) in [7, 11) is -3.96. The van der Waals surface area contributed by atoms with E-state index in [4.69, 9.17) is 5.11 Å². The minimum atomic E-state index is -3.96. The fourth-order valence-corrected chi connectivity index (χ4v) is 3.09. The van der Waals surface area contributed by atoms with Crippen LogP contribution in [0, 0.1) is 11.6 Å². The summed E-state index contributed by atoms with van der Waals surface area (Å²) in [5, 5.41) is 8.96. The Morgan fingerprint density at radius 2 is 1.76 bits per heavy atom. The molecule has 2 rings (SSSR count). The van der Waals surface area contributed by atoms with Crippen molar-refractivity contribution in [2.24, 2.45) is 0 Å². The lowest BCUT2D eigenvalue weighted by Gasteiger charge is -2.10. The number of aliphatic hydroxyl groups is 1. The molecule has 0 heterocycles. The molecule has 0 aromatic heterocycles. The number of hydrogen-bond donors (Lipinski definition) is 2. The Hall–Kier alpha value is -1.51. The largest absolute Gasteiger partial charge is 0.392 e. The minimum Gasteiger partial charge on any atom is -0.392 e. The van der Waals surface area contributed by atoms with Gasteiger partial charge in [0.25, 0.3) is 10.0 Å². The third-order valence-corrected chi connectivity index (χ3v) is 4.66. The van der Waals surface area contributed by atoms with E-state index in [0.29, 0.717) is 0 Å². The van der Waals surface area contributed by atoms with Gasteiger partial charge in [-0.15, -0.1) is 0 Å². The van der Waals surface area contributed by atoms with E-state index in [1.165, 1.54) is 12.1 Å². The topological polar surface area (TPSA) is 66.4 Å². The maximum atomic E-state index is 13.3. The standard InChI is InChI=1S/C13H10BrF2NO3S/c14-11-6-9(1-3-13(11)16)17-21(19,20)10-2-4-12(15)8(5-10)7-18/h1-6,17-18H,7H2. The van der Waals surface area contributed by atoms with Gasteiger partial charge >= 0.3 is 0 Å². The Morgan fingerprint density at radius 1 is 1.10 bits per heavy atom. The molecule has 0 aliphatic carbocycles. The maximum Gasteiger partial charge on any atom is 0.261 e. The lowest BCUT2D eigenvalue weighted by molar-refractivity contribution is 0.275. The van der Waals surface area contributed by atoms with Gasteiger partial charge in [-0.25, -0.2) is 17.2 Å². The summed E-state index contributed by atoms with van der Waals surface area (Å²) in [5.41, 5.74) is 0.0244. The van der Waals surface area contributed by atoms with Crippen molar-refractivity contribution in [3.63, 3.8) is 0 Å². The van der Waals surface area contributed by atoms with Crippen LogP contribution in [-0.4, -0.2) is 13.5 Å². The molecule has 0 aliphatic rings. The molecule has 2 aromatic rings. The Balaban J connectivity index is 2.35. The molecule has 0 unspecified atom stereocenters. The summed E-state index contributed by atoms with van der Waals surface area (Å²) < 4.78 is 53.0. The number of halogens is 3. The van der Waals surface area contributed by atoms with Crippen LogP contribution < -0.4 is 4.72 Å². The number of hydrogen-bond acceptors (Lipinski definition) is 3. The molecule has 2 N–H and O–H groups in total. The van der Waals surface area contributed by atoms with Crippen LogP contribution in [0.1, 0.15) is 5.56 Å². The zero-order valence-electron chi connectivity index (χ0n) is 10.5. The van der Waals surface area contributed by atoms with Crippen molar-refractivity contribution in [1.29, 1.82) is 0 Å². The van der Waals surface area contributed by atoms with E-state index in [9.17, 15) is 17.2 Å². The highest BCUT2D eigenvalue weighted by Gasteiger charge is 2.17. The first-order valence-corrected chi connectivity index (χ1v) is 7.98. The second-order valence-electron chi connectivity index (χ2n) is 4.15. The molecule has 0 atom stereocenters. The van der Waals surface area contributed by atoms with Crippen LogP contribution in [-0.2, 0) is 16.6 Å². The summed E-state index contributed by atoms with van der Waals surface area (Å²) in [6, 6.07) is 6.70. The van der Waals surface area contributed by atoms with Crippen LogP contribution in [0.2, 0.25) is 0 Å². The Kier molecular flexibility index (Phi) is 4.60. The van der Waals surface area contributed by atoms with Crippen molar-refractivity contribution in [2.45, 2.75) is 11.5 Å². The van der Waals surface area contributed by atoms with Gasteiger partial charge in [0.2, 0.25) is 0 Å². The van der Waals surface area contributed by atoms with Crippen molar-refractivity contribution >= 4 is 31.6 Å². The molecule has 8 heteroatoms. The molecular formula is C13H10BrF2NO3S. The van der Waals surface area contributed by atoms with E-state index in [1.807, 2.05) is 0 Å². The molecule has 0 radical (unpaired) electrons. The van der Waals surface area contributed by atoms with Crippen LogP contribution in [0.5, 0.6) is 0 Å². The van der Waals surface area contributed by atoms with Gasteiger partial charge in [0, 0.05) is 5.56 Å². The molecule has 0 spiro atoms. The molecule has 0 aliphatic heterocycles. The zero-order valence-corrected chi connectivity index (χ0v) is 12.9. The predicted molar refractivity (Wildman–Crippen MR) is 77.2 cm³/mol. The summed E-state index contributed by atoms with van der Waals surface area (Å²) in [4.78, 5) is -0.201. The van der Waals surface area contributed by atoms with Gasteiger partial charge in [0.1, 0.15) is 11.6 Å². The third kappa shape index (κ3) is 3.58. The van der Waals surface area contributed by atoms with E-state index in [2.05, 4.69) is 20.7 Å². The third-order valence-electron chi connectivity index (χ3n) is 2.67. The van der Waals surface area contributed by atoms with E-state index in [-0.39, 0.29) is 20.6 Å². The summed E-state index contributed by atoms with van der Waals surface area (Å²) in [6.45, 7) is -0.614. The molecule has 2 aromatic carbocycles. The number of anilines is 1. The summed E-state index contributed by atoms with van der Waals surface area (Å²) in [5.74, 6) is -1.22. The molecule has 0 bridgehead atoms. The van der Waals surface area contributed by atoms with Crippen LogP contribution in [0.15, 0.2) is 45.8 Å². The normalized spacial score (nSPS) is 11.4. The first-order valence-electron chi connectivity index (χ1n) is 5.70. The van der Waals surface area contributed by atoms with Gasteiger partial charge in [0.15, 0.2) is 0 Å². The predicted octanol–water partition coefficient (Wildman–Crippen LogP) is 3.02. The first kappa shape index (κ1) is 15.9. The average Bonchev–Trinajstić information content (AvgIpc) is 2.43. The van der Waals surface area contributed by atoms with Crippen LogP contribution in [0.4, 0.5) is 14.5 Å². The SMILES string of the molecule is O=S(=O)(Nc1ccc(F)c(Br)c1)c1ccc(F)c(CO)c1. The van der Waals surface area contributed by atoms with Crippen LogP contribution in [0.25, 0.3) is 0 Å². The van der Waals surface area contributed by atoms with Crippen LogP contribution >= 0.6 is 15.9 Å². The highest BCUT2D eigenvalue weighted by molar-refractivity contribution is 9.10. The van der Waals surface area contributed by atoms with Gasteiger partial charge in [-0.3, -0.25) is 4.72 Å². The number of benzene rings is 2. The number of nitrogens with one attached hydrogen (secondary N) is 1. The van der Waals surface area contributed by atoms with Crippen molar-refractivity contribution < 1.29 is 22.3 Å². The highest BCUT2D eigenvalue weighted by Crippen LogP contribution is 2.23. The zero-order chi connectivity index (χ0) is 15.6. The first-order chi connectivity index (χ1) is 9.83. The van der Waals surface area contributed by atoms with Crippen molar-refractivity contribution in [1.82, 2.24) is 0 Å². The second kappa shape index (κ2) is 6.08. The monoisotopic (exact) mass is 377 g/mol. The lowest BCUT2D eigenvalue weighted by atomic mass is 10.2. The fourth-order valence-electron chi connectivity index (χ4n) is 1.61. The number of aliphatic hydroxyl groups excluding tert-OH is 1. The fraction of sp³-hybridized carbons (Fsp3) is 0.0769. The Labute approximate surface area is 128 Å². The molecule has 0 amide bonds. The molecule has 0 saturated heterocycles. The number of sulfonamides is 1. The van der Waals surface area contributed by atoms with Crippen LogP contribution in [0.3, 0.4) is 0 Å². The molecule has 0 saturated carbocycles. The maximum absolute atomic E-state index is 13.3. The molecule has 21 heavy (non-hydrogen) atoms. The van der Waals surface area contributed by atoms with Gasteiger partial charge < -0.3 is 5.11 Å². The van der Waals surface area contributed by atoms with E-state index in [1.54, 1.807) is 0 Å². The van der Waals surface area contributed by atoms with Gasteiger partial charge in [-0.2, -0.15) is 0 Å². The van der Waals surface area contributed by atoms with Crippen molar-refractivity contribution in [3.05, 3.63) is 58.1 Å². The van der Waals surface area contributed by atoms with Crippen molar-refractivity contribution in [2.75, 3.05) is 4.72 Å². The van der Waals surface area contributed by atoms with E-state index in [0.717, 1.165) is 24.3 Å². The lowest BCUT2D eigenvalue weighted by Crippen LogP contribution is -2.13. The molecule has 0 fully saturated rings. The van der Waals surface area contributed by atoms with E-state index >= 15 is 0 Å². The molecule has 4 nitrogen and oxygen atoms in total. The Bertz CT molecular complexity index is 781. The second-order valence-corrected chi connectivity index (χ2v) is 6.68. The van der Waals surface area contributed by atoms with E-state index < -0.39 is 28.3 Å². The van der Waals surface area contributed by atoms with Gasteiger partial charge in [-0.1, -0.05) is 0 Å². The average molecular weight is 378 g/mol. The van der Waals surface area contributed by atoms with Gasteiger partial charge in [0.05, 0.1) is 21.7 Å². The highest BCUT2D eigenvalue weighted by atomic mass is 79.9. The quantitative estimate of drug-likeness (QED) is 0.860. The van der Waals surface area contributed by atoms with Crippen molar-refractivity contribution in [3.8, 4) is 0 Å². The van der Waals surface area contributed by atoms with Gasteiger partial charge in [-0.05, 0) is 52.3 Å². The summed E-state index contributed by atoms with van der Waals surface area (Å²) in [6.07, 6.45) is 0.